The lowest BCUT2D eigenvalue weighted by molar-refractivity contribution is -0.138. The number of carbonyl (C=O) groups is 1. The van der Waals surface area contributed by atoms with Gasteiger partial charge in [-0.15, -0.1) is 0 Å². The summed E-state index contributed by atoms with van der Waals surface area (Å²) in [6.45, 7) is 0. The van der Waals surface area contributed by atoms with Gasteiger partial charge in [0.2, 0.25) is 5.91 Å². The third-order valence-corrected chi connectivity index (χ3v) is 4.56. The molecular formula is C17H20F3NO. The van der Waals surface area contributed by atoms with E-state index in [0.29, 0.717) is 17.6 Å². The average molecular weight is 311 g/mol. The third-order valence-electron chi connectivity index (χ3n) is 4.56. The van der Waals surface area contributed by atoms with E-state index in [2.05, 4.69) is 0 Å². The van der Waals surface area contributed by atoms with Crippen molar-refractivity contribution in [1.82, 2.24) is 4.90 Å². The molecule has 0 unspecified atom stereocenters. The summed E-state index contributed by atoms with van der Waals surface area (Å²) in [6, 6.07) is 5.74. The minimum atomic E-state index is -4.36. The van der Waals surface area contributed by atoms with Crippen molar-refractivity contribution < 1.29 is 18.0 Å². The molecule has 2 aliphatic rings. The Bertz CT molecular complexity index is 545. The molecule has 2 aliphatic carbocycles. The van der Waals surface area contributed by atoms with Gasteiger partial charge < -0.3 is 4.90 Å². The van der Waals surface area contributed by atoms with Gasteiger partial charge in [-0.2, -0.15) is 13.2 Å². The lowest BCUT2D eigenvalue weighted by Gasteiger charge is -2.29. The SMILES string of the molecule is O=C(Cc1cccc(C(F)(F)F)c1)N(C1CCCC1)C1CC1. The lowest BCUT2D eigenvalue weighted by Crippen LogP contribution is -2.41. The summed E-state index contributed by atoms with van der Waals surface area (Å²) >= 11 is 0. The van der Waals surface area contributed by atoms with Crippen molar-refractivity contribution in [2.45, 2.75) is 63.2 Å². The fourth-order valence-corrected chi connectivity index (χ4v) is 3.36. The van der Waals surface area contributed by atoms with Gasteiger partial charge in [0.05, 0.1) is 12.0 Å². The highest BCUT2D eigenvalue weighted by Crippen LogP contribution is 2.35. The summed E-state index contributed by atoms with van der Waals surface area (Å²) in [5.41, 5.74) is -0.236. The smallest absolute Gasteiger partial charge is 0.336 e. The van der Waals surface area contributed by atoms with Crippen molar-refractivity contribution >= 4 is 5.91 Å². The van der Waals surface area contributed by atoms with E-state index in [1.54, 1.807) is 6.07 Å². The van der Waals surface area contributed by atoms with E-state index in [1.807, 2.05) is 4.90 Å². The van der Waals surface area contributed by atoms with Crippen LogP contribution >= 0.6 is 0 Å². The Labute approximate surface area is 128 Å². The summed E-state index contributed by atoms with van der Waals surface area (Å²) in [5, 5.41) is 0. The van der Waals surface area contributed by atoms with Crippen LogP contribution in [0.15, 0.2) is 24.3 Å². The molecule has 22 heavy (non-hydrogen) atoms. The van der Waals surface area contributed by atoms with Crippen LogP contribution in [0.2, 0.25) is 0 Å². The van der Waals surface area contributed by atoms with E-state index in [4.69, 9.17) is 0 Å². The van der Waals surface area contributed by atoms with E-state index in [0.717, 1.165) is 50.7 Å². The fourth-order valence-electron chi connectivity index (χ4n) is 3.36. The number of hydrogen-bond acceptors (Lipinski definition) is 1. The zero-order chi connectivity index (χ0) is 15.7. The molecule has 1 aromatic carbocycles. The number of halogens is 3. The molecule has 3 rings (SSSR count). The van der Waals surface area contributed by atoms with Crippen molar-refractivity contribution in [3.05, 3.63) is 35.4 Å². The van der Waals surface area contributed by atoms with Crippen molar-refractivity contribution in [3.63, 3.8) is 0 Å². The van der Waals surface area contributed by atoms with Gasteiger partial charge in [0.1, 0.15) is 0 Å². The maximum absolute atomic E-state index is 12.8. The van der Waals surface area contributed by atoms with Crippen LogP contribution in [0.4, 0.5) is 13.2 Å². The van der Waals surface area contributed by atoms with Gasteiger partial charge in [-0.3, -0.25) is 4.79 Å². The van der Waals surface area contributed by atoms with Gasteiger partial charge in [0.15, 0.2) is 0 Å². The predicted molar refractivity (Wildman–Crippen MR) is 77.3 cm³/mol. The highest BCUT2D eigenvalue weighted by molar-refractivity contribution is 5.79. The zero-order valence-corrected chi connectivity index (χ0v) is 12.4. The first kappa shape index (κ1) is 15.4. The molecule has 2 fully saturated rings. The molecule has 120 valence electrons. The molecule has 0 atom stereocenters. The monoisotopic (exact) mass is 311 g/mol. The molecule has 2 saturated carbocycles. The zero-order valence-electron chi connectivity index (χ0n) is 12.4. The lowest BCUT2D eigenvalue weighted by atomic mass is 10.1. The van der Waals surface area contributed by atoms with Crippen LogP contribution in [0.1, 0.15) is 49.7 Å². The van der Waals surface area contributed by atoms with Gasteiger partial charge in [-0.05, 0) is 37.3 Å². The summed E-state index contributed by atoms with van der Waals surface area (Å²) in [4.78, 5) is 14.6. The predicted octanol–water partition coefficient (Wildman–Crippen LogP) is 4.18. The van der Waals surface area contributed by atoms with Crippen LogP contribution in [-0.4, -0.2) is 22.9 Å². The van der Waals surface area contributed by atoms with Crippen LogP contribution in [0.25, 0.3) is 0 Å². The minimum absolute atomic E-state index is 0.0197. The standard InChI is InChI=1S/C17H20F3NO/c18-17(19,20)13-5-3-4-12(10-13)11-16(22)21(15-8-9-15)14-6-1-2-7-14/h3-5,10,14-15H,1-2,6-9,11H2. The highest BCUT2D eigenvalue weighted by atomic mass is 19.4. The summed E-state index contributed by atoms with van der Waals surface area (Å²) in [7, 11) is 0. The maximum atomic E-state index is 12.8. The Morgan fingerprint density at radius 1 is 1.09 bits per heavy atom. The third kappa shape index (κ3) is 3.45. The van der Waals surface area contributed by atoms with Crippen molar-refractivity contribution in [2.24, 2.45) is 0 Å². The molecule has 0 bridgehead atoms. The molecule has 1 aromatic rings. The molecular weight excluding hydrogens is 291 g/mol. The minimum Gasteiger partial charge on any atom is -0.336 e. The first-order valence-electron chi connectivity index (χ1n) is 7.92. The molecule has 0 heterocycles. The van der Waals surface area contributed by atoms with E-state index >= 15 is 0 Å². The Morgan fingerprint density at radius 3 is 2.32 bits per heavy atom. The molecule has 0 spiro atoms. The highest BCUT2D eigenvalue weighted by Gasteiger charge is 2.38. The average Bonchev–Trinajstić information content (AvgIpc) is 3.13. The van der Waals surface area contributed by atoms with Crippen molar-refractivity contribution in [2.75, 3.05) is 0 Å². The second kappa shape index (κ2) is 5.94. The van der Waals surface area contributed by atoms with Crippen LogP contribution in [0.5, 0.6) is 0 Å². The van der Waals surface area contributed by atoms with Crippen LogP contribution in [0, 0.1) is 0 Å². The molecule has 1 amide bonds. The fraction of sp³-hybridized carbons (Fsp3) is 0.588. The molecule has 0 aliphatic heterocycles. The van der Waals surface area contributed by atoms with E-state index in [1.165, 1.54) is 6.07 Å². The quantitative estimate of drug-likeness (QED) is 0.817. The van der Waals surface area contributed by atoms with Crippen molar-refractivity contribution in [1.29, 1.82) is 0 Å². The first-order valence-corrected chi connectivity index (χ1v) is 7.92. The number of benzene rings is 1. The topological polar surface area (TPSA) is 20.3 Å². The Kier molecular flexibility index (Phi) is 4.15. The van der Waals surface area contributed by atoms with Gasteiger partial charge in [0.25, 0.3) is 0 Å². The van der Waals surface area contributed by atoms with Crippen molar-refractivity contribution in [3.8, 4) is 0 Å². The van der Waals surface area contributed by atoms with Gasteiger partial charge in [-0.25, -0.2) is 0 Å². The normalized spacial score (nSPS) is 19.4. The van der Waals surface area contributed by atoms with Crippen LogP contribution in [-0.2, 0) is 17.4 Å². The molecule has 2 nitrogen and oxygen atoms in total. The number of nitrogens with zero attached hydrogens (tertiary/aromatic N) is 1. The summed E-state index contributed by atoms with van der Waals surface area (Å²) < 4.78 is 38.3. The van der Waals surface area contributed by atoms with E-state index in [-0.39, 0.29) is 12.3 Å². The second-order valence-corrected chi connectivity index (χ2v) is 6.35. The number of amides is 1. The number of carbonyl (C=O) groups excluding carboxylic acids is 1. The molecule has 0 saturated heterocycles. The van der Waals surface area contributed by atoms with Gasteiger partial charge in [0, 0.05) is 12.1 Å². The summed E-state index contributed by atoms with van der Waals surface area (Å²) in [5.74, 6) is -0.0197. The van der Waals surface area contributed by atoms with Crippen LogP contribution in [0.3, 0.4) is 0 Å². The Balaban J connectivity index is 1.72. The van der Waals surface area contributed by atoms with Gasteiger partial charge in [-0.1, -0.05) is 31.0 Å². The molecule has 0 radical (unpaired) electrons. The molecule has 5 heteroatoms. The molecule has 0 N–H and O–H groups in total. The largest absolute Gasteiger partial charge is 0.416 e. The van der Waals surface area contributed by atoms with Crippen LogP contribution < -0.4 is 0 Å². The number of hydrogen-bond donors (Lipinski definition) is 0. The molecule has 0 aromatic heterocycles. The number of rotatable bonds is 4. The van der Waals surface area contributed by atoms with E-state index < -0.39 is 11.7 Å². The van der Waals surface area contributed by atoms with Gasteiger partial charge >= 0.3 is 6.18 Å². The van der Waals surface area contributed by atoms with E-state index in [9.17, 15) is 18.0 Å². The first-order chi connectivity index (χ1) is 10.4. The maximum Gasteiger partial charge on any atom is 0.416 e. The Hall–Kier alpha value is -1.52. The number of alkyl halides is 3. The second-order valence-electron chi connectivity index (χ2n) is 6.35. The summed E-state index contributed by atoms with van der Waals surface area (Å²) in [6.07, 6.45) is 2.12. The Morgan fingerprint density at radius 2 is 1.73 bits per heavy atom.